The summed E-state index contributed by atoms with van der Waals surface area (Å²) >= 11 is 0. The second-order valence-electron chi connectivity index (χ2n) is 3.50. The van der Waals surface area contributed by atoms with Gasteiger partial charge >= 0.3 is 8.80 Å². The molecule has 1 rings (SSSR count). The average molecular weight is 216 g/mol. The Morgan fingerprint density at radius 1 is 1.00 bits per heavy atom. The maximum Gasteiger partial charge on any atom is 0.531 e. The molecule has 0 amide bonds. The first-order chi connectivity index (χ1) is 6.79. The minimum Gasteiger partial charge on any atom is -0.374 e. The first-order valence-corrected chi connectivity index (χ1v) is 6.86. The van der Waals surface area contributed by atoms with Gasteiger partial charge in [0, 0.05) is 21.3 Å². The lowest BCUT2D eigenvalue weighted by atomic mass is 10.2. The van der Waals surface area contributed by atoms with Crippen LogP contribution in [0.5, 0.6) is 0 Å². The van der Waals surface area contributed by atoms with E-state index in [1.54, 1.807) is 21.3 Å². The summed E-state index contributed by atoms with van der Waals surface area (Å²) in [4.78, 5) is 0. The van der Waals surface area contributed by atoms with Crippen molar-refractivity contribution in [3.63, 3.8) is 0 Å². The van der Waals surface area contributed by atoms with E-state index in [4.69, 9.17) is 13.3 Å². The van der Waals surface area contributed by atoms with Crippen LogP contribution in [0, 0.1) is 0 Å². The van der Waals surface area contributed by atoms with Crippen molar-refractivity contribution in [2.45, 2.75) is 32.1 Å². The third-order valence-electron chi connectivity index (χ3n) is 2.74. The van der Waals surface area contributed by atoms with Gasteiger partial charge in [0.15, 0.2) is 0 Å². The Balaban J connectivity index is 2.79. The fourth-order valence-electron chi connectivity index (χ4n) is 1.94. The Bertz CT molecular complexity index is 191. The van der Waals surface area contributed by atoms with Gasteiger partial charge in [-0.1, -0.05) is 12.5 Å². The van der Waals surface area contributed by atoms with Gasteiger partial charge in [0.25, 0.3) is 0 Å². The predicted molar refractivity (Wildman–Crippen MR) is 57.9 cm³/mol. The second kappa shape index (κ2) is 5.65. The lowest BCUT2D eigenvalue weighted by Gasteiger charge is -2.26. The molecule has 0 heterocycles. The topological polar surface area (TPSA) is 27.7 Å². The van der Waals surface area contributed by atoms with Gasteiger partial charge in [-0.25, -0.2) is 0 Å². The molecular weight excluding hydrogens is 196 g/mol. The largest absolute Gasteiger partial charge is 0.531 e. The molecule has 0 aromatic carbocycles. The summed E-state index contributed by atoms with van der Waals surface area (Å²) in [5, 5.41) is 1.25. The summed E-state index contributed by atoms with van der Waals surface area (Å²) in [6.45, 7) is 0. The van der Waals surface area contributed by atoms with Gasteiger partial charge in [0.1, 0.15) is 0 Å². The first-order valence-electron chi connectivity index (χ1n) is 5.14. The lowest BCUT2D eigenvalue weighted by Crippen LogP contribution is -2.45. The van der Waals surface area contributed by atoms with Gasteiger partial charge in [0.2, 0.25) is 0 Å². The lowest BCUT2D eigenvalue weighted by molar-refractivity contribution is 0.133. The van der Waals surface area contributed by atoms with E-state index in [-0.39, 0.29) is 0 Å². The second-order valence-corrected chi connectivity index (χ2v) is 6.48. The van der Waals surface area contributed by atoms with E-state index in [0.717, 1.165) is 12.8 Å². The number of hydrogen-bond acceptors (Lipinski definition) is 3. The Kier molecular flexibility index (Phi) is 4.81. The molecule has 0 spiro atoms. The van der Waals surface area contributed by atoms with Crippen LogP contribution >= 0.6 is 0 Å². The Morgan fingerprint density at radius 3 is 2.21 bits per heavy atom. The van der Waals surface area contributed by atoms with Crippen molar-refractivity contribution in [3.05, 3.63) is 11.3 Å². The van der Waals surface area contributed by atoms with E-state index in [9.17, 15) is 0 Å². The monoisotopic (exact) mass is 216 g/mol. The third-order valence-corrected chi connectivity index (χ3v) is 5.59. The van der Waals surface area contributed by atoms with Gasteiger partial charge in [0.05, 0.1) is 0 Å². The molecule has 0 aromatic rings. The van der Waals surface area contributed by atoms with Crippen molar-refractivity contribution in [2.75, 3.05) is 21.3 Å². The molecule has 1 aliphatic carbocycles. The van der Waals surface area contributed by atoms with Crippen LogP contribution in [0.4, 0.5) is 0 Å². The minimum absolute atomic E-state index is 1.06. The standard InChI is InChI=1S/C10H20O3Si/c1-11-14(12-2,13-3)10-8-6-4-5-7-9-10/h8H,4-7,9H2,1-3H3. The van der Waals surface area contributed by atoms with E-state index in [1.165, 1.54) is 24.5 Å². The van der Waals surface area contributed by atoms with Crippen LogP contribution in [0.15, 0.2) is 11.3 Å². The van der Waals surface area contributed by atoms with Crippen molar-refractivity contribution in [2.24, 2.45) is 0 Å². The summed E-state index contributed by atoms with van der Waals surface area (Å²) in [5.41, 5.74) is 0. The van der Waals surface area contributed by atoms with Crippen LogP contribution < -0.4 is 0 Å². The molecule has 0 saturated carbocycles. The molecule has 0 bridgehead atoms. The Morgan fingerprint density at radius 2 is 1.64 bits per heavy atom. The van der Waals surface area contributed by atoms with Crippen molar-refractivity contribution in [3.8, 4) is 0 Å². The molecule has 0 unspecified atom stereocenters. The number of hydrogen-bond donors (Lipinski definition) is 0. The molecule has 0 atom stereocenters. The summed E-state index contributed by atoms with van der Waals surface area (Å²) in [6.07, 6.45) is 8.21. The molecule has 0 fully saturated rings. The van der Waals surface area contributed by atoms with Crippen LogP contribution in [0.2, 0.25) is 0 Å². The maximum absolute atomic E-state index is 5.46. The molecule has 0 radical (unpaired) electrons. The normalized spacial score (nSPS) is 18.9. The van der Waals surface area contributed by atoms with Crippen LogP contribution in [0.3, 0.4) is 0 Å². The van der Waals surface area contributed by atoms with Gasteiger partial charge < -0.3 is 13.3 Å². The van der Waals surface area contributed by atoms with E-state index in [1.807, 2.05) is 0 Å². The molecule has 0 saturated heterocycles. The fourth-order valence-corrected chi connectivity index (χ4v) is 4.10. The highest BCUT2D eigenvalue weighted by Crippen LogP contribution is 2.26. The highest BCUT2D eigenvalue weighted by atomic mass is 28.4. The molecule has 0 aromatic heterocycles. The zero-order valence-electron chi connectivity index (χ0n) is 9.34. The van der Waals surface area contributed by atoms with E-state index >= 15 is 0 Å². The highest BCUT2D eigenvalue weighted by molar-refractivity contribution is 6.68. The zero-order valence-corrected chi connectivity index (χ0v) is 10.3. The summed E-state index contributed by atoms with van der Waals surface area (Å²) < 4.78 is 16.4. The molecule has 0 N–H and O–H groups in total. The van der Waals surface area contributed by atoms with Crippen molar-refractivity contribution >= 4 is 8.80 Å². The Hall–Kier alpha value is -0.163. The summed E-state index contributed by atoms with van der Waals surface area (Å²) in [7, 11) is 2.53. The maximum atomic E-state index is 5.46. The van der Waals surface area contributed by atoms with Crippen LogP contribution in [0.1, 0.15) is 32.1 Å². The molecular formula is C10H20O3Si. The third kappa shape index (κ3) is 2.45. The predicted octanol–water partition coefficient (Wildman–Crippen LogP) is 2.29. The minimum atomic E-state index is -2.49. The molecule has 14 heavy (non-hydrogen) atoms. The quantitative estimate of drug-likeness (QED) is 0.675. The summed E-state index contributed by atoms with van der Waals surface area (Å²) in [5.74, 6) is 0. The average Bonchev–Trinajstić information content (AvgIpc) is 2.51. The fraction of sp³-hybridized carbons (Fsp3) is 0.800. The van der Waals surface area contributed by atoms with Crippen LogP contribution in [-0.2, 0) is 13.3 Å². The summed E-state index contributed by atoms with van der Waals surface area (Å²) in [6, 6.07) is 0. The Labute approximate surface area is 87.4 Å². The van der Waals surface area contributed by atoms with E-state index < -0.39 is 8.80 Å². The zero-order chi connectivity index (χ0) is 10.4. The van der Waals surface area contributed by atoms with Gasteiger partial charge in [-0.2, -0.15) is 0 Å². The molecule has 82 valence electrons. The van der Waals surface area contributed by atoms with Crippen LogP contribution in [0.25, 0.3) is 0 Å². The SMILES string of the molecule is CO[Si](OC)(OC)C1=CCCCCC1. The van der Waals surface area contributed by atoms with Gasteiger partial charge in [-0.3, -0.25) is 0 Å². The van der Waals surface area contributed by atoms with Crippen molar-refractivity contribution in [1.82, 2.24) is 0 Å². The molecule has 4 heteroatoms. The highest BCUT2D eigenvalue weighted by Gasteiger charge is 2.42. The number of rotatable bonds is 4. The van der Waals surface area contributed by atoms with Crippen molar-refractivity contribution < 1.29 is 13.3 Å². The van der Waals surface area contributed by atoms with E-state index in [2.05, 4.69) is 6.08 Å². The smallest absolute Gasteiger partial charge is 0.374 e. The van der Waals surface area contributed by atoms with Crippen LogP contribution in [-0.4, -0.2) is 30.1 Å². The van der Waals surface area contributed by atoms with Gasteiger partial charge in [-0.05, 0) is 30.9 Å². The molecule has 1 aliphatic rings. The molecule has 3 nitrogen and oxygen atoms in total. The van der Waals surface area contributed by atoms with Crippen molar-refractivity contribution in [1.29, 1.82) is 0 Å². The number of allylic oxidation sites excluding steroid dienone is 2. The van der Waals surface area contributed by atoms with E-state index in [0.29, 0.717) is 0 Å². The van der Waals surface area contributed by atoms with Gasteiger partial charge in [-0.15, -0.1) is 0 Å². The first kappa shape index (κ1) is 11.9. The molecule has 0 aliphatic heterocycles.